The molecule has 1 aromatic carbocycles. The molecule has 2 heterocycles. The molecule has 0 aliphatic heterocycles. The molecule has 3 aromatic rings. The van der Waals surface area contributed by atoms with Crippen LogP contribution >= 0.6 is 0 Å². The van der Waals surface area contributed by atoms with Gasteiger partial charge >= 0.3 is 0 Å². The molecule has 0 saturated heterocycles. The van der Waals surface area contributed by atoms with E-state index >= 15 is 0 Å². The van der Waals surface area contributed by atoms with Crippen molar-refractivity contribution >= 4 is 0 Å². The Bertz CT molecular complexity index is 703. The SMILES string of the molecule is CC(C)c1cccc(-n2nnc(-c3ccccn3)n2)c1. The van der Waals surface area contributed by atoms with E-state index in [1.54, 1.807) is 6.20 Å². The number of benzene rings is 1. The van der Waals surface area contributed by atoms with E-state index in [1.807, 2.05) is 30.3 Å². The van der Waals surface area contributed by atoms with Crippen LogP contribution in [0.25, 0.3) is 17.2 Å². The fourth-order valence-electron chi connectivity index (χ4n) is 1.93. The molecular weight excluding hydrogens is 250 g/mol. The monoisotopic (exact) mass is 265 g/mol. The van der Waals surface area contributed by atoms with Gasteiger partial charge in [-0.2, -0.15) is 0 Å². The minimum Gasteiger partial charge on any atom is -0.253 e. The lowest BCUT2D eigenvalue weighted by Crippen LogP contribution is -2.00. The first kappa shape index (κ1) is 12.5. The third-order valence-electron chi connectivity index (χ3n) is 3.08. The Morgan fingerprint density at radius 1 is 1.05 bits per heavy atom. The summed E-state index contributed by atoms with van der Waals surface area (Å²) < 4.78 is 0. The summed E-state index contributed by atoms with van der Waals surface area (Å²) >= 11 is 0. The van der Waals surface area contributed by atoms with E-state index in [0.29, 0.717) is 11.7 Å². The quantitative estimate of drug-likeness (QED) is 0.730. The van der Waals surface area contributed by atoms with Gasteiger partial charge in [0.05, 0.1) is 5.69 Å². The van der Waals surface area contributed by atoms with Gasteiger partial charge in [-0.15, -0.1) is 15.0 Å². The summed E-state index contributed by atoms with van der Waals surface area (Å²) in [6.07, 6.45) is 1.72. The van der Waals surface area contributed by atoms with Crippen molar-refractivity contribution in [2.24, 2.45) is 0 Å². The Morgan fingerprint density at radius 3 is 2.70 bits per heavy atom. The van der Waals surface area contributed by atoms with E-state index in [-0.39, 0.29) is 0 Å². The summed E-state index contributed by atoms with van der Waals surface area (Å²) in [4.78, 5) is 5.76. The molecule has 0 aliphatic carbocycles. The molecule has 0 atom stereocenters. The largest absolute Gasteiger partial charge is 0.253 e. The number of hydrogen-bond acceptors (Lipinski definition) is 4. The fourth-order valence-corrected chi connectivity index (χ4v) is 1.93. The van der Waals surface area contributed by atoms with Crippen molar-refractivity contribution in [2.75, 3.05) is 0 Å². The first-order valence-corrected chi connectivity index (χ1v) is 6.56. The van der Waals surface area contributed by atoms with Crippen molar-refractivity contribution in [1.29, 1.82) is 0 Å². The van der Waals surface area contributed by atoms with Gasteiger partial charge in [0.15, 0.2) is 0 Å². The highest BCUT2D eigenvalue weighted by Crippen LogP contribution is 2.17. The van der Waals surface area contributed by atoms with Crippen molar-refractivity contribution in [3.63, 3.8) is 0 Å². The maximum absolute atomic E-state index is 4.38. The topological polar surface area (TPSA) is 56.5 Å². The Hall–Kier alpha value is -2.56. The van der Waals surface area contributed by atoms with Crippen LogP contribution in [0.5, 0.6) is 0 Å². The molecule has 0 saturated carbocycles. The maximum atomic E-state index is 4.38. The van der Waals surface area contributed by atoms with Crippen LogP contribution in [0.2, 0.25) is 0 Å². The first-order valence-electron chi connectivity index (χ1n) is 6.56. The zero-order chi connectivity index (χ0) is 13.9. The van der Waals surface area contributed by atoms with Crippen LogP contribution in [0.3, 0.4) is 0 Å². The maximum Gasteiger partial charge on any atom is 0.223 e. The minimum atomic E-state index is 0.466. The predicted molar refractivity (Wildman–Crippen MR) is 76.5 cm³/mol. The highest BCUT2D eigenvalue weighted by molar-refractivity contribution is 5.47. The highest BCUT2D eigenvalue weighted by Gasteiger charge is 2.09. The third kappa shape index (κ3) is 2.42. The van der Waals surface area contributed by atoms with Gasteiger partial charge in [0.25, 0.3) is 0 Å². The lowest BCUT2D eigenvalue weighted by Gasteiger charge is -2.06. The second kappa shape index (κ2) is 5.21. The minimum absolute atomic E-state index is 0.466. The summed E-state index contributed by atoms with van der Waals surface area (Å²) in [5.74, 6) is 0.995. The van der Waals surface area contributed by atoms with E-state index in [2.05, 4.69) is 46.4 Å². The van der Waals surface area contributed by atoms with Gasteiger partial charge < -0.3 is 0 Å². The molecule has 20 heavy (non-hydrogen) atoms. The lowest BCUT2D eigenvalue weighted by molar-refractivity contribution is 0.717. The van der Waals surface area contributed by atoms with Crippen LogP contribution in [0, 0.1) is 0 Å². The Labute approximate surface area is 117 Å². The molecule has 5 nitrogen and oxygen atoms in total. The van der Waals surface area contributed by atoms with E-state index in [4.69, 9.17) is 0 Å². The summed E-state index contributed by atoms with van der Waals surface area (Å²) in [6, 6.07) is 13.8. The van der Waals surface area contributed by atoms with Crippen molar-refractivity contribution in [3.05, 3.63) is 54.2 Å². The second-order valence-electron chi connectivity index (χ2n) is 4.87. The smallest absolute Gasteiger partial charge is 0.223 e. The summed E-state index contributed by atoms with van der Waals surface area (Å²) in [5, 5.41) is 12.5. The summed E-state index contributed by atoms with van der Waals surface area (Å²) in [5.41, 5.74) is 2.88. The molecular formula is C15H15N5. The number of nitrogens with zero attached hydrogens (tertiary/aromatic N) is 5. The Morgan fingerprint density at radius 2 is 1.95 bits per heavy atom. The molecule has 0 bridgehead atoms. The Balaban J connectivity index is 1.96. The van der Waals surface area contributed by atoms with E-state index in [0.717, 1.165) is 11.4 Å². The average molecular weight is 265 g/mol. The Kier molecular flexibility index (Phi) is 3.25. The summed E-state index contributed by atoms with van der Waals surface area (Å²) in [7, 11) is 0. The summed E-state index contributed by atoms with van der Waals surface area (Å²) in [6.45, 7) is 4.32. The number of aromatic nitrogens is 5. The number of tetrazole rings is 1. The highest BCUT2D eigenvalue weighted by atomic mass is 15.6. The molecule has 0 amide bonds. The van der Waals surface area contributed by atoms with Crippen LogP contribution < -0.4 is 0 Å². The molecule has 3 rings (SSSR count). The van der Waals surface area contributed by atoms with Crippen molar-refractivity contribution in [3.8, 4) is 17.2 Å². The number of hydrogen-bond donors (Lipinski definition) is 0. The molecule has 100 valence electrons. The van der Waals surface area contributed by atoms with Gasteiger partial charge in [-0.25, -0.2) is 0 Å². The molecule has 2 aromatic heterocycles. The van der Waals surface area contributed by atoms with E-state index in [9.17, 15) is 0 Å². The van der Waals surface area contributed by atoms with Gasteiger partial charge in [0.1, 0.15) is 5.69 Å². The van der Waals surface area contributed by atoms with Gasteiger partial charge in [-0.05, 0) is 41.0 Å². The average Bonchev–Trinajstić information content (AvgIpc) is 2.98. The zero-order valence-electron chi connectivity index (χ0n) is 11.4. The van der Waals surface area contributed by atoms with Crippen molar-refractivity contribution < 1.29 is 0 Å². The molecule has 0 unspecified atom stereocenters. The first-order chi connectivity index (χ1) is 9.74. The molecule has 0 N–H and O–H groups in total. The van der Waals surface area contributed by atoms with E-state index in [1.165, 1.54) is 10.4 Å². The standard InChI is InChI=1S/C15H15N5/c1-11(2)12-6-5-7-13(10-12)20-18-15(17-19-20)14-8-3-4-9-16-14/h3-11H,1-2H3. The normalized spacial score (nSPS) is 10.9. The van der Waals surface area contributed by atoms with Crippen molar-refractivity contribution in [2.45, 2.75) is 19.8 Å². The molecule has 0 fully saturated rings. The lowest BCUT2D eigenvalue weighted by atomic mass is 10.0. The predicted octanol–water partition coefficient (Wildman–Crippen LogP) is 2.85. The third-order valence-corrected chi connectivity index (χ3v) is 3.08. The van der Waals surface area contributed by atoms with Crippen LogP contribution in [0.15, 0.2) is 48.7 Å². The molecule has 0 aliphatic rings. The van der Waals surface area contributed by atoms with Gasteiger partial charge in [0.2, 0.25) is 5.82 Å². The van der Waals surface area contributed by atoms with Gasteiger partial charge in [-0.1, -0.05) is 32.0 Å². The zero-order valence-corrected chi connectivity index (χ0v) is 11.4. The number of pyridine rings is 1. The van der Waals surface area contributed by atoms with Crippen LogP contribution in [-0.2, 0) is 0 Å². The van der Waals surface area contributed by atoms with Crippen LogP contribution in [0.4, 0.5) is 0 Å². The van der Waals surface area contributed by atoms with Crippen LogP contribution in [-0.4, -0.2) is 25.2 Å². The van der Waals surface area contributed by atoms with Crippen LogP contribution in [0.1, 0.15) is 25.3 Å². The molecule has 0 spiro atoms. The van der Waals surface area contributed by atoms with Gasteiger partial charge in [0, 0.05) is 6.20 Å². The van der Waals surface area contributed by atoms with E-state index < -0.39 is 0 Å². The number of rotatable bonds is 3. The van der Waals surface area contributed by atoms with Crippen molar-refractivity contribution in [1.82, 2.24) is 25.2 Å². The second-order valence-corrected chi connectivity index (χ2v) is 4.87. The molecule has 0 radical (unpaired) electrons. The molecule has 5 heteroatoms. The van der Waals surface area contributed by atoms with Gasteiger partial charge in [-0.3, -0.25) is 4.98 Å². The fraction of sp³-hybridized carbons (Fsp3) is 0.200.